The van der Waals surface area contributed by atoms with Crippen molar-refractivity contribution >= 4 is 11.5 Å². The standard InChI is InChI=1S/C58H94FN5O13/c1-17-20-21-40(18-2)41-22-24-42(25-23-41)50(71-15)45(31-59)64-33-43(60-61-64)26-27-62(13)44-28-35(5)73-55(48(44)65)77-53-36(6)49(76-47-30-57(11,72-16)52(67)39(9)74-47)37(7)54(68)75-46(19-3)58(12,70)51(66)38(8)63(14)32-34(4)29-56(53,10)69/h17-18,20-25,33-39,44-53,55,65-67,69-70H,2,19,26-32H2,1,3-16H3/b20-17-,40-21+/t34-,35-,36+,37-,38-,39+,44+,45-,46-,47+,48-,49+,50-,51-,52+,53-,55+,56-,57-,58-/m1/s1. The van der Waals surface area contributed by atoms with E-state index in [1.54, 1.807) is 67.8 Å². The highest BCUT2D eigenvalue weighted by molar-refractivity contribution is 5.75. The molecule has 3 fully saturated rings. The van der Waals surface area contributed by atoms with E-state index in [9.17, 15) is 34.7 Å². The summed E-state index contributed by atoms with van der Waals surface area (Å²) in [6, 6.07) is 5.85. The van der Waals surface area contributed by atoms with Crippen LogP contribution in [0, 0.1) is 17.8 Å². The third kappa shape index (κ3) is 15.3. The third-order valence-electron chi connectivity index (χ3n) is 16.8. The Kier molecular flexibility index (Phi) is 23.2. The van der Waals surface area contributed by atoms with Crippen LogP contribution >= 0.6 is 0 Å². The largest absolute Gasteiger partial charge is 0.459 e. The maximum Gasteiger partial charge on any atom is 0.311 e. The van der Waals surface area contributed by atoms with Gasteiger partial charge < -0.3 is 68.5 Å². The maximum absolute atomic E-state index is 15.0. The van der Waals surface area contributed by atoms with Crippen LogP contribution in [0.15, 0.2) is 61.3 Å². The lowest BCUT2D eigenvalue weighted by Gasteiger charge is -2.49. The lowest BCUT2D eigenvalue weighted by atomic mass is 9.77. The van der Waals surface area contributed by atoms with Crippen molar-refractivity contribution in [2.45, 2.75) is 211 Å². The molecular formula is C58H94FN5O13. The van der Waals surface area contributed by atoms with E-state index in [4.69, 9.17) is 33.2 Å². The number of carbonyl (C=O) groups is 1. The van der Waals surface area contributed by atoms with Gasteiger partial charge in [0.2, 0.25) is 0 Å². The molecule has 0 amide bonds. The van der Waals surface area contributed by atoms with E-state index < -0.39 is 127 Å². The number of ether oxygens (including phenoxy) is 7. The minimum absolute atomic E-state index is 0.0830. The molecular weight excluding hydrogens is 994 g/mol. The Morgan fingerprint density at radius 1 is 1.01 bits per heavy atom. The number of esters is 1. The van der Waals surface area contributed by atoms with Gasteiger partial charge in [-0.05, 0) is 111 Å². The molecule has 5 rings (SSSR count). The van der Waals surface area contributed by atoms with Crippen LogP contribution < -0.4 is 0 Å². The average molecular weight is 1090 g/mol. The van der Waals surface area contributed by atoms with Gasteiger partial charge in [0.1, 0.15) is 48.8 Å². The second-order valence-corrected chi connectivity index (χ2v) is 23.0. The van der Waals surface area contributed by atoms with E-state index in [0.29, 0.717) is 31.6 Å². The zero-order valence-electron chi connectivity index (χ0n) is 48.5. The van der Waals surface area contributed by atoms with Gasteiger partial charge >= 0.3 is 5.97 Å². The molecule has 0 bridgehead atoms. The van der Waals surface area contributed by atoms with Crippen LogP contribution in [0.4, 0.5) is 4.39 Å². The summed E-state index contributed by atoms with van der Waals surface area (Å²) in [5.41, 5.74) is -1.30. The SMILES string of the molecule is C=C/C(=C\C=C/C)c1ccc([C@@H](OC)[C@@H](CF)n2cc(CCN(C)[C@H]3C[C@@H](C)O[C@@H](O[C@@H]4[C@@H](C)[C@H](O[C@H]5C[C@@](C)(OC)[C@@H](O)[C@H](C)O5)[C@@H](C)C(=O)O[C@H](CC)[C@@](C)(O)[C@H](O)[C@@H](C)N(C)C[C@H](C)C[C@@]4(C)O)[C@@H]3O)nn2)cc1. The summed E-state index contributed by atoms with van der Waals surface area (Å²) in [5, 5.41) is 68.7. The summed E-state index contributed by atoms with van der Waals surface area (Å²) in [4.78, 5) is 18.4. The Balaban J connectivity index is 1.43. The maximum atomic E-state index is 15.0. The van der Waals surface area contributed by atoms with Crippen LogP contribution in [-0.2, 0) is 44.4 Å². The minimum Gasteiger partial charge on any atom is -0.459 e. The van der Waals surface area contributed by atoms with Gasteiger partial charge in [-0.2, -0.15) is 0 Å². The van der Waals surface area contributed by atoms with Gasteiger partial charge in [-0.3, -0.25) is 4.79 Å². The van der Waals surface area contributed by atoms with Crippen LogP contribution in [0.3, 0.4) is 0 Å². The smallest absolute Gasteiger partial charge is 0.311 e. The molecule has 20 atom stereocenters. The molecule has 0 aliphatic carbocycles. The number of alkyl halides is 1. The van der Waals surface area contributed by atoms with E-state index in [1.807, 2.05) is 87.2 Å². The predicted molar refractivity (Wildman–Crippen MR) is 291 cm³/mol. The minimum atomic E-state index is -1.85. The summed E-state index contributed by atoms with van der Waals surface area (Å²) < 4.78 is 60.7. The second kappa shape index (κ2) is 27.8. The number of aromatic nitrogens is 3. The normalized spacial score (nSPS) is 38.5. The number of aliphatic hydroxyl groups excluding tert-OH is 3. The molecule has 3 aliphatic rings. The highest BCUT2D eigenvalue weighted by Crippen LogP contribution is 2.41. The number of cyclic esters (lactones) is 1. The molecule has 1 aromatic carbocycles. The van der Waals surface area contributed by atoms with Crippen LogP contribution in [0.25, 0.3) is 5.57 Å². The molecule has 436 valence electrons. The van der Waals surface area contributed by atoms with Crippen molar-refractivity contribution in [1.82, 2.24) is 24.8 Å². The molecule has 5 N–H and O–H groups in total. The first-order chi connectivity index (χ1) is 36.2. The van der Waals surface area contributed by atoms with Crippen molar-refractivity contribution in [3.8, 4) is 0 Å². The summed E-state index contributed by atoms with van der Waals surface area (Å²) >= 11 is 0. The first-order valence-corrected chi connectivity index (χ1v) is 27.5. The van der Waals surface area contributed by atoms with Gasteiger partial charge in [-0.15, -0.1) is 5.10 Å². The Bertz CT molecular complexity index is 2230. The van der Waals surface area contributed by atoms with Crippen LogP contribution in [0.5, 0.6) is 0 Å². The molecule has 18 nitrogen and oxygen atoms in total. The molecule has 19 heteroatoms. The lowest BCUT2D eigenvalue weighted by Crippen LogP contribution is -2.61. The van der Waals surface area contributed by atoms with Crippen molar-refractivity contribution in [3.63, 3.8) is 0 Å². The Morgan fingerprint density at radius 2 is 1.69 bits per heavy atom. The fourth-order valence-corrected chi connectivity index (χ4v) is 11.9. The van der Waals surface area contributed by atoms with Gasteiger partial charge in [0.05, 0.1) is 47.2 Å². The molecule has 3 aliphatic heterocycles. The summed E-state index contributed by atoms with van der Waals surface area (Å²) in [7, 11) is 6.76. The number of likely N-dealkylation sites (N-methyl/N-ethyl adjacent to an activating group) is 2. The first kappa shape index (κ1) is 64.3. The number of hydrogen-bond donors (Lipinski definition) is 5. The van der Waals surface area contributed by atoms with Crippen LogP contribution in [0.1, 0.15) is 131 Å². The molecule has 3 saturated heterocycles. The topological polar surface area (TPSA) is 220 Å². The molecule has 0 saturated carbocycles. The Labute approximate surface area is 457 Å². The number of nitrogens with zero attached hydrogens (tertiary/aromatic N) is 5. The van der Waals surface area contributed by atoms with Gasteiger partial charge in [-0.25, -0.2) is 9.07 Å². The number of benzene rings is 1. The van der Waals surface area contributed by atoms with E-state index in [-0.39, 0.29) is 25.2 Å². The molecule has 4 heterocycles. The monoisotopic (exact) mass is 1090 g/mol. The number of aliphatic hydroxyl groups is 5. The molecule has 77 heavy (non-hydrogen) atoms. The van der Waals surface area contributed by atoms with Crippen molar-refractivity contribution in [2.24, 2.45) is 17.8 Å². The number of carbonyl (C=O) groups excluding carboxylic acids is 1. The molecule has 1 aromatic heterocycles. The van der Waals surface area contributed by atoms with Crippen molar-refractivity contribution in [3.05, 3.63) is 78.2 Å². The van der Waals surface area contributed by atoms with E-state index in [2.05, 4.69) is 16.9 Å². The molecule has 0 radical (unpaired) electrons. The average Bonchev–Trinajstić information content (AvgIpc) is 3.87. The molecule has 0 spiro atoms. The fraction of sp³-hybridized carbons (Fsp3) is 0.741. The van der Waals surface area contributed by atoms with Gasteiger partial charge in [0.25, 0.3) is 0 Å². The zero-order chi connectivity index (χ0) is 57.3. The van der Waals surface area contributed by atoms with E-state index in [0.717, 1.165) is 16.7 Å². The molecule has 0 unspecified atom stereocenters. The number of allylic oxidation sites excluding steroid dienone is 5. The van der Waals surface area contributed by atoms with Crippen molar-refractivity contribution < 1.29 is 67.9 Å². The number of hydrogen-bond acceptors (Lipinski definition) is 17. The van der Waals surface area contributed by atoms with Crippen LogP contribution in [0.2, 0.25) is 0 Å². The third-order valence-corrected chi connectivity index (χ3v) is 16.8. The fourth-order valence-electron chi connectivity index (χ4n) is 11.9. The zero-order valence-corrected chi connectivity index (χ0v) is 48.5. The van der Waals surface area contributed by atoms with Crippen molar-refractivity contribution in [1.29, 1.82) is 0 Å². The lowest BCUT2D eigenvalue weighted by molar-refractivity contribution is -0.318. The Hall–Kier alpha value is -3.54. The number of rotatable bonds is 18. The van der Waals surface area contributed by atoms with E-state index in [1.165, 1.54) is 18.7 Å². The van der Waals surface area contributed by atoms with Gasteiger partial charge in [-0.1, -0.05) is 81.1 Å². The Morgan fingerprint density at radius 3 is 2.29 bits per heavy atom. The highest BCUT2D eigenvalue weighted by atomic mass is 19.1. The first-order valence-electron chi connectivity index (χ1n) is 27.5. The van der Waals surface area contributed by atoms with E-state index >= 15 is 0 Å². The molecule has 2 aromatic rings. The second-order valence-electron chi connectivity index (χ2n) is 23.0. The summed E-state index contributed by atoms with van der Waals surface area (Å²) in [5.74, 6) is -2.88. The van der Waals surface area contributed by atoms with Gasteiger partial charge in [0, 0.05) is 64.3 Å². The number of methoxy groups -OCH3 is 2. The quantitative estimate of drug-likeness (QED) is 0.0835. The summed E-state index contributed by atoms with van der Waals surface area (Å²) in [6.07, 6.45) is -0.375. The summed E-state index contributed by atoms with van der Waals surface area (Å²) in [6.45, 7) is 23.4. The van der Waals surface area contributed by atoms with Gasteiger partial charge in [0.15, 0.2) is 12.6 Å². The van der Waals surface area contributed by atoms with Crippen LogP contribution in [-0.4, -0.2) is 195 Å². The highest BCUT2D eigenvalue weighted by Gasteiger charge is 2.53. The van der Waals surface area contributed by atoms with Crippen molar-refractivity contribution in [2.75, 3.05) is 48.1 Å². The predicted octanol–water partition coefficient (Wildman–Crippen LogP) is 6.15. The number of halogens is 1.